The van der Waals surface area contributed by atoms with Crippen LogP contribution in [0.1, 0.15) is 70.4 Å². The molecule has 0 spiro atoms. The Labute approximate surface area is 122 Å². The molecule has 0 aromatic carbocycles. The van der Waals surface area contributed by atoms with E-state index in [9.17, 15) is 0 Å². The molecule has 19 heavy (non-hydrogen) atoms. The lowest BCUT2D eigenvalue weighted by Gasteiger charge is -2.34. The number of rotatable bonds is 7. The minimum atomic E-state index is 0.600. The summed E-state index contributed by atoms with van der Waals surface area (Å²) in [4.78, 5) is 0. The molecule has 1 unspecified atom stereocenters. The van der Waals surface area contributed by atoms with Crippen molar-refractivity contribution in [1.82, 2.24) is 5.32 Å². The maximum Gasteiger partial charge on any atom is 0.0356 e. The zero-order valence-corrected chi connectivity index (χ0v) is 13.3. The molecule has 1 atom stereocenters. The number of nitrogens with one attached hydrogen (secondary N) is 1. The smallest absolute Gasteiger partial charge is 0.0356 e. The summed E-state index contributed by atoms with van der Waals surface area (Å²) in [6.07, 6.45) is 10.00. The molecule has 1 saturated carbocycles. The third-order valence-corrected chi connectivity index (χ3v) is 5.36. The second-order valence-electron chi connectivity index (χ2n) is 6.02. The fourth-order valence-corrected chi connectivity index (χ4v) is 4.23. The molecule has 1 aromatic rings. The summed E-state index contributed by atoms with van der Waals surface area (Å²) in [7, 11) is 0. The van der Waals surface area contributed by atoms with E-state index in [4.69, 9.17) is 0 Å². The summed E-state index contributed by atoms with van der Waals surface area (Å²) in [5, 5.41) is 8.26. The van der Waals surface area contributed by atoms with Crippen molar-refractivity contribution in [2.75, 3.05) is 6.54 Å². The van der Waals surface area contributed by atoms with E-state index in [0.717, 1.165) is 18.4 Å². The van der Waals surface area contributed by atoms with Gasteiger partial charge in [-0.05, 0) is 53.6 Å². The van der Waals surface area contributed by atoms with Crippen molar-refractivity contribution >= 4 is 11.3 Å². The third-order valence-electron chi connectivity index (χ3n) is 4.66. The molecule has 1 heterocycles. The predicted molar refractivity (Wildman–Crippen MR) is 85.7 cm³/mol. The van der Waals surface area contributed by atoms with Gasteiger partial charge in [-0.25, -0.2) is 0 Å². The predicted octanol–water partition coefficient (Wildman–Crippen LogP) is 5.40. The van der Waals surface area contributed by atoms with Gasteiger partial charge in [0.15, 0.2) is 0 Å². The van der Waals surface area contributed by atoms with E-state index in [1.54, 1.807) is 0 Å². The first-order valence-electron chi connectivity index (χ1n) is 8.10. The van der Waals surface area contributed by atoms with Crippen molar-refractivity contribution < 1.29 is 0 Å². The lowest BCUT2D eigenvalue weighted by atomic mass is 9.75. The monoisotopic (exact) mass is 279 g/mol. The summed E-state index contributed by atoms with van der Waals surface area (Å²) in [6, 6.07) is 2.91. The molecule has 2 heteroatoms. The van der Waals surface area contributed by atoms with Gasteiger partial charge in [0.2, 0.25) is 0 Å². The Kier molecular flexibility index (Phi) is 6.39. The quantitative estimate of drug-likeness (QED) is 0.705. The van der Waals surface area contributed by atoms with Crippen molar-refractivity contribution in [2.24, 2.45) is 11.8 Å². The molecule has 1 N–H and O–H groups in total. The van der Waals surface area contributed by atoms with E-state index in [1.165, 1.54) is 50.5 Å². The highest BCUT2D eigenvalue weighted by Crippen LogP contribution is 2.38. The van der Waals surface area contributed by atoms with Crippen LogP contribution >= 0.6 is 11.3 Å². The Morgan fingerprint density at radius 2 is 2.05 bits per heavy atom. The van der Waals surface area contributed by atoms with Crippen molar-refractivity contribution in [2.45, 2.75) is 64.8 Å². The fourth-order valence-electron chi connectivity index (χ4n) is 3.53. The lowest BCUT2D eigenvalue weighted by Crippen LogP contribution is -2.30. The van der Waals surface area contributed by atoms with Crippen molar-refractivity contribution in [3.63, 3.8) is 0 Å². The van der Waals surface area contributed by atoms with Crippen LogP contribution in [0.25, 0.3) is 0 Å². The van der Waals surface area contributed by atoms with E-state index in [1.807, 2.05) is 11.3 Å². The van der Waals surface area contributed by atoms with Crippen molar-refractivity contribution in [3.05, 3.63) is 22.4 Å². The summed E-state index contributed by atoms with van der Waals surface area (Å²) in [5.74, 6) is 1.87. The van der Waals surface area contributed by atoms with E-state index in [0.29, 0.717) is 6.04 Å². The number of thiophene rings is 1. The van der Waals surface area contributed by atoms with Gasteiger partial charge in [0.25, 0.3) is 0 Å². The molecule has 1 fully saturated rings. The molecular weight excluding hydrogens is 250 g/mol. The van der Waals surface area contributed by atoms with Gasteiger partial charge in [-0.2, -0.15) is 11.3 Å². The fraction of sp³-hybridized carbons (Fsp3) is 0.765. The highest BCUT2D eigenvalue weighted by molar-refractivity contribution is 7.07. The van der Waals surface area contributed by atoms with Gasteiger partial charge in [0.05, 0.1) is 0 Å². The van der Waals surface area contributed by atoms with Crippen LogP contribution in [0.4, 0.5) is 0 Å². The van der Waals surface area contributed by atoms with Crippen LogP contribution in [0, 0.1) is 11.8 Å². The van der Waals surface area contributed by atoms with Crippen LogP contribution in [-0.2, 0) is 0 Å². The minimum Gasteiger partial charge on any atom is -0.310 e. The first-order chi connectivity index (χ1) is 9.35. The standard InChI is InChI=1S/C17H29NS/c1-3-5-6-14-7-9-15(10-8-14)17(18-4-2)16-11-12-19-13-16/h11-15,17-18H,3-10H2,1-2H3. The van der Waals surface area contributed by atoms with Gasteiger partial charge >= 0.3 is 0 Å². The normalized spacial score (nSPS) is 25.4. The molecule has 1 nitrogen and oxygen atoms in total. The van der Waals surface area contributed by atoms with Crippen LogP contribution in [0.5, 0.6) is 0 Å². The van der Waals surface area contributed by atoms with Crippen LogP contribution in [0.15, 0.2) is 16.8 Å². The van der Waals surface area contributed by atoms with E-state index < -0.39 is 0 Å². The first-order valence-corrected chi connectivity index (χ1v) is 9.04. The SMILES string of the molecule is CCCCC1CCC(C(NCC)c2ccsc2)CC1. The maximum atomic E-state index is 3.72. The van der Waals surface area contributed by atoms with Crippen molar-refractivity contribution in [3.8, 4) is 0 Å². The summed E-state index contributed by atoms with van der Waals surface area (Å²) in [5.41, 5.74) is 1.52. The second kappa shape index (κ2) is 8.06. The molecule has 108 valence electrons. The maximum absolute atomic E-state index is 3.72. The zero-order chi connectivity index (χ0) is 13.5. The molecule has 1 aliphatic rings. The third kappa shape index (κ3) is 4.32. The van der Waals surface area contributed by atoms with E-state index >= 15 is 0 Å². The molecule has 0 radical (unpaired) electrons. The summed E-state index contributed by atoms with van der Waals surface area (Å²) in [6.45, 7) is 5.62. The van der Waals surface area contributed by atoms with Gasteiger partial charge in [0, 0.05) is 6.04 Å². The van der Waals surface area contributed by atoms with Crippen LogP contribution < -0.4 is 5.32 Å². The largest absolute Gasteiger partial charge is 0.310 e. The van der Waals surface area contributed by atoms with Gasteiger partial charge in [0.1, 0.15) is 0 Å². The molecule has 0 amide bonds. The Morgan fingerprint density at radius 1 is 1.26 bits per heavy atom. The molecule has 0 saturated heterocycles. The van der Waals surface area contributed by atoms with Crippen LogP contribution in [-0.4, -0.2) is 6.54 Å². The zero-order valence-electron chi connectivity index (χ0n) is 12.5. The first kappa shape index (κ1) is 15.1. The molecular formula is C17H29NS. The summed E-state index contributed by atoms with van der Waals surface area (Å²) < 4.78 is 0. The number of hydrogen-bond acceptors (Lipinski definition) is 2. The van der Waals surface area contributed by atoms with Gasteiger partial charge in [-0.3, -0.25) is 0 Å². The molecule has 0 bridgehead atoms. The average Bonchev–Trinajstić information content (AvgIpc) is 2.97. The van der Waals surface area contributed by atoms with Crippen molar-refractivity contribution in [1.29, 1.82) is 0 Å². The highest BCUT2D eigenvalue weighted by atomic mass is 32.1. The van der Waals surface area contributed by atoms with Crippen LogP contribution in [0.2, 0.25) is 0 Å². The van der Waals surface area contributed by atoms with Gasteiger partial charge < -0.3 is 5.32 Å². The lowest BCUT2D eigenvalue weighted by molar-refractivity contribution is 0.214. The Morgan fingerprint density at radius 3 is 2.63 bits per heavy atom. The second-order valence-corrected chi connectivity index (χ2v) is 6.80. The Balaban J connectivity index is 1.87. The highest BCUT2D eigenvalue weighted by Gasteiger charge is 2.27. The van der Waals surface area contributed by atoms with Gasteiger partial charge in [-0.1, -0.05) is 46.0 Å². The Hall–Kier alpha value is -0.340. The topological polar surface area (TPSA) is 12.0 Å². The minimum absolute atomic E-state index is 0.600. The molecule has 1 aromatic heterocycles. The molecule has 1 aliphatic carbocycles. The number of unbranched alkanes of at least 4 members (excludes halogenated alkanes) is 1. The van der Waals surface area contributed by atoms with Crippen LogP contribution in [0.3, 0.4) is 0 Å². The Bertz CT molecular complexity index is 325. The molecule has 2 rings (SSSR count). The van der Waals surface area contributed by atoms with Gasteiger partial charge in [-0.15, -0.1) is 0 Å². The average molecular weight is 279 g/mol. The van der Waals surface area contributed by atoms with E-state index in [-0.39, 0.29) is 0 Å². The van der Waals surface area contributed by atoms with E-state index in [2.05, 4.69) is 36.0 Å². The number of hydrogen-bond donors (Lipinski definition) is 1. The molecule has 0 aliphatic heterocycles. The summed E-state index contributed by atoms with van der Waals surface area (Å²) >= 11 is 1.83.